The topological polar surface area (TPSA) is 80.5 Å². The summed E-state index contributed by atoms with van der Waals surface area (Å²) in [4.78, 5) is 34.5. The number of aromatic amines is 1. The predicted octanol–water partition coefficient (Wildman–Crippen LogP) is 5.97. The highest BCUT2D eigenvalue weighted by Gasteiger charge is 2.32. The summed E-state index contributed by atoms with van der Waals surface area (Å²) in [7, 11) is 0. The summed E-state index contributed by atoms with van der Waals surface area (Å²) in [6.45, 7) is 2.41. The maximum absolute atomic E-state index is 14.2. The number of benzene rings is 4. The Labute approximate surface area is 250 Å². The van der Waals surface area contributed by atoms with E-state index in [1.807, 2.05) is 47.5 Å². The fraction of sp³-hybridized carbons (Fsp3) is 0.200. The van der Waals surface area contributed by atoms with E-state index in [1.165, 1.54) is 23.3 Å². The van der Waals surface area contributed by atoms with Gasteiger partial charge in [0.05, 0.1) is 11.7 Å². The van der Waals surface area contributed by atoms with Gasteiger partial charge in [0.25, 0.3) is 0 Å². The van der Waals surface area contributed by atoms with Crippen LogP contribution in [0, 0.1) is 5.82 Å². The number of fused-ring (bicyclic) bond motifs is 1. The third-order valence-corrected chi connectivity index (χ3v) is 8.05. The lowest BCUT2D eigenvalue weighted by Crippen LogP contribution is -2.56. The Hall–Kier alpha value is -4.95. The molecule has 4 aromatic carbocycles. The van der Waals surface area contributed by atoms with E-state index in [1.54, 1.807) is 12.1 Å². The summed E-state index contributed by atoms with van der Waals surface area (Å²) in [6, 6.07) is 33.3. The van der Waals surface area contributed by atoms with Gasteiger partial charge in [0.1, 0.15) is 11.9 Å². The van der Waals surface area contributed by atoms with Crippen molar-refractivity contribution in [2.45, 2.75) is 18.5 Å². The van der Waals surface area contributed by atoms with Gasteiger partial charge in [-0.3, -0.25) is 9.69 Å². The third kappa shape index (κ3) is 6.44. The molecular formula is C35H34FN5O2. The Bertz CT molecular complexity index is 1640. The monoisotopic (exact) mass is 575 g/mol. The van der Waals surface area contributed by atoms with Crippen molar-refractivity contribution in [3.05, 3.63) is 138 Å². The van der Waals surface area contributed by atoms with Crippen molar-refractivity contribution in [1.29, 1.82) is 0 Å². The number of nitrogens with one attached hydrogen (secondary N) is 3. The number of amides is 3. The summed E-state index contributed by atoms with van der Waals surface area (Å²) >= 11 is 0. The lowest BCUT2D eigenvalue weighted by atomic mass is 9.96. The van der Waals surface area contributed by atoms with Gasteiger partial charge in [0.2, 0.25) is 5.91 Å². The van der Waals surface area contributed by atoms with E-state index in [-0.39, 0.29) is 17.6 Å². The van der Waals surface area contributed by atoms with Crippen LogP contribution in [0.4, 0.5) is 14.9 Å². The molecular weight excluding hydrogens is 541 g/mol. The Morgan fingerprint density at radius 2 is 1.37 bits per heavy atom. The maximum Gasteiger partial charge on any atom is 0.319 e. The zero-order valence-corrected chi connectivity index (χ0v) is 23.7. The van der Waals surface area contributed by atoms with Gasteiger partial charge in [-0.15, -0.1) is 0 Å². The predicted molar refractivity (Wildman–Crippen MR) is 167 cm³/mol. The van der Waals surface area contributed by atoms with Crippen molar-refractivity contribution in [3.8, 4) is 0 Å². The van der Waals surface area contributed by atoms with Crippen LogP contribution in [0.5, 0.6) is 0 Å². The highest BCUT2D eigenvalue weighted by molar-refractivity contribution is 5.94. The number of anilines is 1. The fourth-order valence-corrected chi connectivity index (χ4v) is 5.91. The number of carbonyl (C=O) groups is 2. The molecule has 218 valence electrons. The largest absolute Gasteiger partial charge is 0.361 e. The van der Waals surface area contributed by atoms with Crippen LogP contribution < -0.4 is 10.6 Å². The van der Waals surface area contributed by atoms with Crippen LogP contribution in [0.1, 0.15) is 22.7 Å². The molecule has 1 aromatic heterocycles. The van der Waals surface area contributed by atoms with E-state index in [2.05, 4.69) is 69.0 Å². The molecule has 0 radical (unpaired) electrons. The van der Waals surface area contributed by atoms with Crippen LogP contribution >= 0.6 is 0 Å². The van der Waals surface area contributed by atoms with Gasteiger partial charge < -0.3 is 20.5 Å². The molecule has 43 heavy (non-hydrogen) atoms. The first kappa shape index (κ1) is 28.2. The average Bonchev–Trinajstić information content (AvgIpc) is 3.46. The summed E-state index contributed by atoms with van der Waals surface area (Å²) < 4.78 is 14.2. The fourth-order valence-electron chi connectivity index (χ4n) is 5.91. The van der Waals surface area contributed by atoms with Gasteiger partial charge in [0, 0.05) is 49.7 Å². The van der Waals surface area contributed by atoms with Crippen molar-refractivity contribution in [1.82, 2.24) is 20.1 Å². The lowest BCUT2D eigenvalue weighted by Gasteiger charge is -2.40. The minimum Gasteiger partial charge on any atom is -0.361 e. The van der Waals surface area contributed by atoms with Crippen LogP contribution in [-0.2, 0) is 11.2 Å². The highest BCUT2D eigenvalue weighted by Crippen LogP contribution is 2.30. The van der Waals surface area contributed by atoms with E-state index in [4.69, 9.17) is 0 Å². The first-order valence-electron chi connectivity index (χ1n) is 14.6. The molecule has 1 aliphatic rings. The Morgan fingerprint density at radius 1 is 0.767 bits per heavy atom. The third-order valence-electron chi connectivity index (χ3n) is 8.05. The number of aromatic nitrogens is 1. The minimum atomic E-state index is -0.837. The van der Waals surface area contributed by atoms with Crippen molar-refractivity contribution in [2.24, 2.45) is 0 Å². The van der Waals surface area contributed by atoms with E-state index in [0.29, 0.717) is 32.6 Å². The number of rotatable bonds is 8. The number of carbonyl (C=O) groups excluding carboxylic acids is 2. The number of piperazine rings is 1. The summed E-state index contributed by atoms with van der Waals surface area (Å²) in [5, 5.41) is 6.40. The number of nitrogens with zero attached hydrogens (tertiary/aromatic N) is 2. The van der Waals surface area contributed by atoms with Crippen LogP contribution in [-0.4, -0.2) is 58.9 Å². The number of halogens is 1. The number of H-pyrrole nitrogens is 1. The number of para-hydroxylation sites is 2. The summed E-state index contributed by atoms with van der Waals surface area (Å²) in [6.07, 6.45) is 2.17. The molecule has 0 saturated carbocycles. The minimum absolute atomic E-state index is 0.0553. The normalized spacial score (nSPS) is 14.5. The number of hydrogen-bond acceptors (Lipinski definition) is 3. The van der Waals surface area contributed by atoms with Crippen molar-refractivity contribution in [3.63, 3.8) is 0 Å². The quantitative estimate of drug-likeness (QED) is 0.213. The molecule has 1 aliphatic heterocycles. The van der Waals surface area contributed by atoms with Gasteiger partial charge in [-0.1, -0.05) is 91.0 Å². The summed E-state index contributed by atoms with van der Waals surface area (Å²) in [5.74, 6) is -0.704. The molecule has 7 nitrogen and oxygen atoms in total. The van der Waals surface area contributed by atoms with Crippen LogP contribution in [0.3, 0.4) is 0 Å². The van der Waals surface area contributed by atoms with E-state index < -0.39 is 17.9 Å². The zero-order chi connectivity index (χ0) is 29.6. The van der Waals surface area contributed by atoms with Gasteiger partial charge in [-0.25, -0.2) is 9.18 Å². The van der Waals surface area contributed by atoms with Crippen molar-refractivity contribution in [2.75, 3.05) is 31.5 Å². The molecule has 3 N–H and O–H groups in total. The molecule has 2 heterocycles. The highest BCUT2D eigenvalue weighted by atomic mass is 19.1. The molecule has 5 aromatic rings. The van der Waals surface area contributed by atoms with E-state index >= 15 is 0 Å². The molecule has 1 atom stereocenters. The second-order valence-electron chi connectivity index (χ2n) is 10.8. The molecule has 0 spiro atoms. The number of urea groups is 1. The Balaban J connectivity index is 1.20. The van der Waals surface area contributed by atoms with Crippen molar-refractivity contribution >= 4 is 28.5 Å². The SMILES string of the molecule is O=C(Nc1ccccc1F)NC(Cc1c[nH]c2ccccc12)C(=O)N1CCN(C(c2ccccc2)c2ccccc2)CC1. The Morgan fingerprint density at radius 3 is 2.05 bits per heavy atom. The lowest BCUT2D eigenvalue weighted by molar-refractivity contribution is -0.135. The van der Waals surface area contributed by atoms with E-state index in [0.717, 1.165) is 16.5 Å². The van der Waals surface area contributed by atoms with Crippen molar-refractivity contribution < 1.29 is 14.0 Å². The standard InChI is InChI=1S/C35H34FN5O2/c36-29-16-8-10-18-31(29)38-35(43)39-32(23-27-24-37-30-17-9-7-15-28(27)30)34(42)41-21-19-40(20-22-41)33(25-11-3-1-4-12-25)26-13-5-2-6-14-26/h1-18,24,32-33,37H,19-23H2,(H2,38,39,43). The van der Waals surface area contributed by atoms with Gasteiger partial charge in [0.15, 0.2) is 0 Å². The molecule has 0 aliphatic carbocycles. The molecule has 1 unspecified atom stereocenters. The van der Waals surface area contributed by atoms with E-state index in [9.17, 15) is 14.0 Å². The first-order chi connectivity index (χ1) is 21.1. The molecule has 1 saturated heterocycles. The number of hydrogen-bond donors (Lipinski definition) is 3. The second-order valence-corrected chi connectivity index (χ2v) is 10.8. The smallest absolute Gasteiger partial charge is 0.319 e. The van der Waals surface area contributed by atoms with Crippen LogP contribution in [0.2, 0.25) is 0 Å². The second kappa shape index (κ2) is 12.9. The first-order valence-corrected chi connectivity index (χ1v) is 14.6. The molecule has 0 bridgehead atoms. The van der Waals surface area contributed by atoms with Gasteiger partial charge in [-0.2, -0.15) is 0 Å². The summed E-state index contributed by atoms with van der Waals surface area (Å²) in [5.41, 5.74) is 4.35. The van der Waals surface area contributed by atoms with Crippen LogP contribution in [0.25, 0.3) is 10.9 Å². The molecule has 6 rings (SSSR count). The van der Waals surface area contributed by atoms with Crippen LogP contribution in [0.15, 0.2) is 115 Å². The molecule has 3 amide bonds. The molecule has 8 heteroatoms. The Kier molecular flexibility index (Phi) is 8.47. The maximum atomic E-state index is 14.2. The van der Waals surface area contributed by atoms with Gasteiger partial charge >= 0.3 is 6.03 Å². The van der Waals surface area contributed by atoms with Gasteiger partial charge in [-0.05, 0) is 34.9 Å². The zero-order valence-electron chi connectivity index (χ0n) is 23.7. The average molecular weight is 576 g/mol. The molecule has 1 fully saturated rings.